The summed E-state index contributed by atoms with van der Waals surface area (Å²) >= 11 is 0. The van der Waals surface area contributed by atoms with E-state index >= 15 is 0 Å². The zero-order chi connectivity index (χ0) is 8.55. The van der Waals surface area contributed by atoms with Gasteiger partial charge in [0.15, 0.2) is 5.65 Å². The maximum absolute atomic E-state index is 4.17. The first-order valence-corrected chi connectivity index (χ1v) is 3.66. The Balaban J connectivity index is 2.82. The summed E-state index contributed by atoms with van der Waals surface area (Å²) in [5, 5.41) is 10.8. The summed E-state index contributed by atoms with van der Waals surface area (Å²) in [6.45, 7) is 1.91. The second kappa shape index (κ2) is 2.44. The van der Waals surface area contributed by atoms with Gasteiger partial charge in [-0.3, -0.25) is 4.40 Å². The summed E-state index contributed by atoms with van der Waals surface area (Å²) < 4.78 is 1.84. The third kappa shape index (κ3) is 0.827. The molecular weight excluding hydrogens is 154 g/mol. The number of nitrogens with zero attached hydrogens (tertiary/aromatic N) is 4. The maximum Gasteiger partial charge on any atom is 0.187 e. The molecule has 0 bridgehead atoms. The molecular formula is C7H9N5. The van der Waals surface area contributed by atoms with Crippen LogP contribution in [0.15, 0.2) is 12.5 Å². The average Bonchev–Trinajstić information content (AvgIpc) is 2.54. The summed E-state index contributed by atoms with van der Waals surface area (Å²) in [5.41, 5.74) is 1.70. The Hall–Kier alpha value is -1.65. The van der Waals surface area contributed by atoms with Crippen molar-refractivity contribution >= 4 is 11.3 Å². The van der Waals surface area contributed by atoms with Gasteiger partial charge in [-0.15, -0.1) is 10.2 Å². The minimum Gasteiger partial charge on any atom is -0.384 e. The largest absolute Gasteiger partial charge is 0.384 e. The molecule has 5 nitrogen and oxygen atoms in total. The molecule has 0 aliphatic rings. The summed E-state index contributed by atoms with van der Waals surface area (Å²) in [6, 6.07) is 0. The number of anilines is 1. The minimum absolute atomic E-state index is 0.810. The van der Waals surface area contributed by atoms with Gasteiger partial charge in [0.2, 0.25) is 0 Å². The van der Waals surface area contributed by atoms with Crippen molar-refractivity contribution in [3.05, 3.63) is 18.3 Å². The van der Waals surface area contributed by atoms with E-state index in [1.54, 1.807) is 12.5 Å². The highest BCUT2D eigenvalue weighted by Gasteiger charge is 2.03. The molecule has 0 amide bonds. The van der Waals surface area contributed by atoms with Crippen molar-refractivity contribution in [1.29, 1.82) is 0 Å². The van der Waals surface area contributed by atoms with Gasteiger partial charge in [-0.2, -0.15) is 0 Å². The van der Waals surface area contributed by atoms with Crippen LogP contribution in [0.25, 0.3) is 5.65 Å². The van der Waals surface area contributed by atoms with Gasteiger partial charge in [-0.25, -0.2) is 4.98 Å². The second-order valence-corrected chi connectivity index (χ2v) is 2.49. The van der Waals surface area contributed by atoms with Crippen LogP contribution in [0.5, 0.6) is 0 Å². The summed E-state index contributed by atoms with van der Waals surface area (Å²) in [5.74, 6) is 0.883. The fourth-order valence-corrected chi connectivity index (χ4v) is 1.11. The number of hydrogen-bond donors (Lipinski definition) is 1. The lowest BCUT2D eigenvalue weighted by molar-refractivity contribution is 0.981. The second-order valence-electron chi connectivity index (χ2n) is 2.49. The van der Waals surface area contributed by atoms with Gasteiger partial charge >= 0.3 is 0 Å². The predicted molar refractivity (Wildman–Crippen MR) is 45.1 cm³/mol. The first kappa shape index (κ1) is 7.02. The number of aryl methyl sites for hydroxylation is 1. The van der Waals surface area contributed by atoms with Gasteiger partial charge in [-0.1, -0.05) is 0 Å². The molecule has 0 fully saturated rings. The molecule has 2 rings (SSSR count). The van der Waals surface area contributed by atoms with Crippen molar-refractivity contribution in [2.45, 2.75) is 6.92 Å². The highest BCUT2D eigenvalue weighted by Crippen LogP contribution is 2.12. The number of nitrogens with one attached hydrogen (secondary N) is 1. The molecule has 1 N–H and O–H groups in total. The molecule has 0 radical (unpaired) electrons. The molecule has 0 aliphatic carbocycles. The third-order valence-electron chi connectivity index (χ3n) is 1.79. The van der Waals surface area contributed by atoms with Gasteiger partial charge in [0.05, 0.1) is 11.9 Å². The van der Waals surface area contributed by atoms with Crippen molar-refractivity contribution in [3.63, 3.8) is 0 Å². The molecule has 12 heavy (non-hydrogen) atoms. The predicted octanol–water partition coefficient (Wildman–Crippen LogP) is 0.474. The summed E-state index contributed by atoms with van der Waals surface area (Å²) in [4.78, 5) is 4.17. The van der Waals surface area contributed by atoms with E-state index in [2.05, 4.69) is 20.5 Å². The Morgan fingerprint density at radius 1 is 1.50 bits per heavy atom. The molecule has 0 saturated heterocycles. The van der Waals surface area contributed by atoms with E-state index in [0.717, 1.165) is 17.2 Å². The highest BCUT2D eigenvalue weighted by molar-refractivity contribution is 5.65. The lowest BCUT2D eigenvalue weighted by Gasteiger charge is -2.02. The van der Waals surface area contributed by atoms with E-state index in [1.807, 2.05) is 18.4 Å². The molecule has 0 aliphatic heterocycles. The molecule has 62 valence electrons. The first-order chi connectivity index (χ1) is 5.83. The zero-order valence-electron chi connectivity index (χ0n) is 6.94. The normalized spacial score (nSPS) is 10.5. The summed E-state index contributed by atoms with van der Waals surface area (Å²) in [7, 11) is 1.83. The van der Waals surface area contributed by atoms with Crippen LogP contribution in [0, 0.1) is 6.92 Å². The van der Waals surface area contributed by atoms with E-state index in [1.165, 1.54) is 0 Å². The topological polar surface area (TPSA) is 55.1 Å². The number of rotatable bonds is 1. The molecule has 2 aromatic heterocycles. The Morgan fingerprint density at radius 2 is 2.33 bits per heavy atom. The van der Waals surface area contributed by atoms with Gasteiger partial charge in [0, 0.05) is 7.05 Å². The van der Waals surface area contributed by atoms with Gasteiger partial charge in [0.1, 0.15) is 12.2 Å². The Labute approximate surface area is 69.5 Å². The van der Waals surface area contributed by atoms with Crippen molar-refractivity contribution in [3.8, 4) is 0 Å². The highest BCUT2D eigenvalue weighted by atomic mass is 15.2. The van der Waals surface area contributed by atoms with Crippen LogP contribution < -0.4 is 5.32 Å². The zero-order valence-corrected chi connectivity index (χ0v) is 6.94. The molecule has 0 spiro atoms. The van der Waals surface area contributed by atoms with Crippen LogP contribution >= 0.6 is 0 Å². The molecule has 5 heteroatoms. The van der Waals surface area contributed by atoms with E-state index in [4.69, 9.17) is 0 Å². The van der Waals surface area contributed by atoms with E-state index in [9.17, 15) is 0 Å². The Kier molecular flexibility index (Phi) is 1.43. The van der Waals surface area contributed by atoms with Crippen LogP contribution in [-0.2, 0) is 0 Å². The van der Waals surface area contributed by atoms with Crippen molar-refractivity contribution in [2.24, 2.45) is 0 Å². The smallest absolute Gasteiger partial charge is 0.187 e. The summed E-state index contributed by atoms with van der Waals surface area (Å²) in [6.07, 6.45) is 3.40. The fraction of sp³-hybridized carbons (Fsp3) is 0.286. The number of aromatic nitrogens is 4. The fourth-order valence-electron chi connectivity index (χ4n) is 1.11. The molecule has 2 aromatic rings. The molecule has 2 heterocycles. The van der Waals surface area contributed by atoms with Crippen molar-refractivity contribution in [2.75, 3.05) is 12.4 Å². The average molecular weight is 163 g/mol. The number of fused-ring (bicyclic) bond motifs is 1. The van der Waals surface area contributed by atoms with E-state index < -0.39 is 0 Å². The standard InChI is InChI=1S/C7H9N5/c1-5-9-3-6(8-2)7-11-10-4-12(5)7/h3-4,8H,1-2H3. The van der Waals surface area contributed by atoms with Crippen LogP contribution in [-0.4, -0.2) is 26.6 Å². The van der Waals surface area contributed by atoms with Gasteiger partial charge < -0.3 is 5.32 Å². The van der Waals surface area contributed by atoms with Crippen LogP contribution in [0.1, 0.15) is 5.82 Å². The van der Waals surface area contributed by atoms with Crippen LogP contribution in [0.2, 0.25) is 0 Å². The van der Waals surface area contributed by atoms with E-state index in [0.29, 0.717) is 0 Å². The monoisotopic (exact) mass is 163 g/mol. The molecule has 0 saturated carbocycles. The van der Waals surface area contributed by atoms with Crippen molar-refractivity contribution < 1.29 is 0 Å². The quantitative estimate of drug-likeness (QED) is 0.664. The lowest BCUT2D eigenvalue weighted by Crippen LogP contribution is -1.98. The first-order valence-electron chi connectivity index (χ1n) is 3.66. The van der Waals surface area contributed by atoms with E-state index in [-0.39, 0.29) is 0 Å². The molecule has 0 atom stereocenters. The van der Waals surface area contributed by atoms with Crippen molar-refractivity contribution in [1.82, 2.24) is 19.6 Å². The number of hydrogen-bond acceptors (Lipinski definition) is 4. The maximum atomic E-state index is 4.17. The Bertz CT molecular complexity index is 405. The SMILES string of the molecule is CNc1cnc(C)n2cnnc12. The minimum atomic E-state index is 0.810. The van der Waals surface area contributed by atoms with Gasteiger partial charge in [-0.05, 0) is 6.92 Å². The van der Waals surface area contributed by atoms with Gasteiger partial charge in [0.25, 0.3) is 0 Å². The third-order valence-corrected chi connectivity index (χ3v) is 1.79. The molecule has 0 unspecified atom stereocenters. The van der Waals surface area contributed by atoms with Crippen LogP contribution in [0.4, 0.5) is 5.69 Å². The molecule has 0 aromatic carbocycles. The Morgan fingerprint density at radius 3 is 3.08 bits per heavy atom. The van der Waals surface area contributed by atoms with Crippen LogP contribution in [0.3, 0.4) is 0 Å². The lowest BCUT2D eigenvalue weighted by atomic mass is 10.5.